The lowest BCUT2D eigenvalue weighted by atomic mass is 10.1. The predicted molar refractivity (Wildman–Crippen MR) is 120 cm³/mol. The first kappa shape index (κ1) is 21.5. The van der Waals surface area contributed by atoms with Crippen molar-refractivity contribution in [3.8, 4) is 0 Å². The van der Waals surface area contributed by atoms with Crippen LogP contribution in [-0.4, -0.2) is 58.6 Å². The van der Waals surface area contributed by atoms with Gasteiger partial charge < -0.3 is 14.8 Å². The Labute approximate surface area is 184 Å². The molecule has 1 fully saturated rings. The third-order valence-corrected chi connectivity index (χ3v) is 5.70. The molecule has 1 aromatic carbocycles. The van der Waals surface area contributed by atoms with E-state index < -0.39 is 11.7 Å². The third-order valence-electron chi connectivity index (χ3n) is 4.82. The number of aromatic nitrogens is 2. The molecule has 9 heteroatoms. The first-order valence-corrected chi connectivity index (χ1v) is 11.1. The van der Waals surface area contributed by atoms with Crippen LogP contribution in [0.1, 0.15) is 36.7 Å². The maximum atomic E-state index is 12.8. The molecule has 31 heavy (non-hydrogen) atoms. The number of benzene rings is 1. The smallest absolute Gasteiger partial charge is 0.436 e. The second-order valence-corrected chi connectivity index (χ2v) is 9.31. The number of carbonyl (C=O) groups is 2. The molecule has 0 saturated carbocycles. The van der Waals surface area contributed by atoms with Gasteiger partial charge in [0.15, 0.2) is 5.82 Å². The molecular weight excluding hydrogens is 416 g/mol. The topological polar surface area (TPSA) is 85.7 Å². The lowest BCUT2D eigenvalue weighted by Gasteiger charge is -2.26. The molecule has 3 aromatic rings. The first-order chi connectivity index (χ1) is 14.8. The van der Waals surface area contributed by atoms with Gasteiger partial charge in [-0.25, -0.2) is 4.79 Å². The van der Waals surface area contributed by atoms with Crippen LogP contribution >= 0.6 is 11.3 Å². The van der Waals surface area contributed by atoms with E-state index in [0.29, 0.717) is 21.6 Å². The fourth-order valence-electron chi connectivity index (χ4n) is 3.32. The number of amides is 1. The molecule has 1 aliphatic rings. The van der Waals surface area contributed by atoms with E-state index in [4.69, 9.17) is 9.47 Å². The molecule has 1 aliphatic heterocycles. The molecule has 1 amide bonds. The zero-order chi connectivity index (χ0) is 22.0. The van der Waals surface area contributed by atoms with E-state index in [1.165, 1.54) is 16.0 Å². The van der Waals surface area contributed by atoms with Gasteiger partial charge >= 0.3 is 6.09 Å². The molecule has 1 N–H and O–H groups in total. The summed E-state index contributed by atoms with van der Waals surface area (Å²) in [7, 11) is 0. The maximum absolute atomic E-state index is 12.8. The highest BCUT2D eigenvalue weighted by Crippen LogP contribution is 2.29. The molecule has 0 atom stereocenters. The Kier molecular flexibility index (Phi) is 6.08. The van der Waals surface area contributed by atoms with Crippen LogP contribution in [0.5, 0.6) is 0 Å². The summed E-state index contributed by atoms with van der Waals surface area (Å²) in [4.78, 5) is 28.3. The molecule has 1 saturated heterocycles. The number of morpholine rings is 1. The Hall–Kier alpha value is -2.75. The average Bonchev–Trinajstić information content (AvgIpc) is 3.32. The van der Waals surface area contributed by atoms with Crippen molar-refractivity contribution in [2.45, 2.75) is 32.9 Å². The lowest BCUT2D eigenvalue weighted by Crippen LogP contribution is -2.35. The molecule has 164 valence electrons. The van der Waals surface area contributed by atoms with Crippen molar-refractivity contribution < 1.29 is 19.1 Å². The van der Waals surface area contributed by atoms with Gasteiger partial charge in [0.25, 0.3) is 5.91 Å². The number of carbonyl (C=O) groups excluding carboxylic acids is 2. The predicted octanol–water partition coefficient (Wildman–Crippen LogP) is 3.97. The summed E-state index contributed by atoms with van der Waals surface area (Å²) in [5.74, 6) is 0.0596. The number of hydrogen-bond acceptors (Lipinski definition) is 7. The van der Waals surface area contributed by atoms with Crippen LogP contribution in [0.3, 0.4) is 0 Å². The quantitative estimate of drug-likeness (QED) is 0.658. The van der Waals surface area contributed by atoms with Crippen molar-refractivity contribution >= 4 is 39.4 Å². The fraction of sp³-hybridized carbons (Fsp3) is 0.409. The molecule has 0 unspecified atom stereocenters. The number of hydrogen-bond donors (Lipinski definition) is 1. The Morgan fingerprint density at radius 3 is 2.55 bits per heavy atom. The molecule has 0 radical (unpaired) electrons. The van der Waals surface area contributed by atoms with Crippen molar-refractivity contribution in [3.63, 3.8) is 0 Å². The van der Waals surface area contributed by atoms with Crippen LogP contribution in [0.25, 0.3) is 10.2 Å². The van der Waals surface area contributed by atoms with Crippen molar-refractivity contribution in [1.82, 2.24) is 14.7 Å². The van der Waals surface area contributed by atoms with Crippen LogP contribution in [0, 0.1) is 0 Å². The molecular formula is C22H26N4O4S. The number of ether oxygens (including phenoxy) is 2. The van der Waals surface area contributed by atoms with Gasteiger partial charge in [-0.05, 0) is 49.9 Å². The van der Waals surface area contributed by atoms with E-state index in [1.54, 1.807) is 32.9 Å². The van der Waals surface area contributed by atoms with Gasteiger partial charge in [-0.15, -0.1) is 16.4 Å². The Morgan fingerprint density at radius 2 is 1.87 bits per heavy atom. The number of nitrogens with one attached hydrogen (secondary N) is 1. The van der Waals surface area contributed by atoms with Gasteiger partial charge in [0.05, 0.1) is 18.6 Å². The van der Waals surface area contributed by atoms with Gasteiger partial charge in [-0.3, -0.25) is 9.69 Å². The molecule has 0 spiro atoms. The number of nitrogens with zero attached hydrogens (tertiary/aromatic N) is 3. The number of fused-ring (bicyclic) bond motifs is 1. The van der Waals surface area contributed by atoms with Crippen LogP contribution in [0.15, 0.2) is 35.7 Å². The SMILES string of the molecule is CC(C)(C)OC(=O)n1nc(NC(=O)c2ccc(CN3CCOCC3)cc2)c2ccsc21. The molecule has 0 bridgehead atoms. The van der Waals surface area contributed by atoms with Crippen LogP contribution in [0.2, 0.25) is 0 Å². The van der Waals surface area contributed by atoms with E-state index in [-0.39, 0.29) is 5.91 Å². The van der Waals surface area contributed by atoms with Crippen molar-refractivity contribution in [1.29, 1.82) is 0 Å². The Bertz CT molecular complexity index is 1080. The highest BCUT2D eigenvalue weighted by Gasteiger charge is 2.23. The standard InChI is InChI=1S/C22H26N4O4S/c1-22(2,3)30-21(28)26-20-17(8-13-31-20)18(24-26)23-19(27)16-6-4-15(5-7-16)14-25-9-11-29-12-10-25/h4-8,13H,9-12,14H2,1-3H3,(H,23,24,27). The zero-order valence-corrected chi connectivity index (χ0v) is 18.7. The summed E-state index contributed by atoms with van der Waals surface area (Å²) in [5, 5.41) is 9.68. The van der Waals surface area contributed by atoms with Crippen molar-refractivity contribution in [2.24, 2.45) is 0 Å². The van der Waals surface area contributed by atoms with Crippen molar-refractivity contribution in [3.05, 3.63) is 46.8 Å². The minimum atomic E-state index is -0.640. The number of anilines is 1. The van der Waals surface area contributed by atoms with E-state index in [0.717, 1.165) is 38.4 Å². The van der Waals surface area contributed by atoms with Crippen molar-refractivity contribution in [2.75, 3.05) is 31.6 Å². The van der Waals surface area contributed by atoms with E-state index in [1.807, 2.05) is 23.6 Å². The summed E-state index contributed by atoms with van der Waals surface area (Å²) >= 11 is 1.37. The first-order valence-electron chi connectivity index (χ1n) is 10.2. The third kappa shape index (κ3) is 5.12. The number of thiophene rings is 1. The van der Waals surface area contributed by atoms with E-state index >= 15 is 0 Å². The second kappa shape index (κ2) is 8.78. The summed E-state index contributed by atoms with van der Waals surface area (Å²) < 4.78 is 12.0. The number of rotatable bonds is 4. The summed E-state index contributed by atoms with van der Waals surface area (Å²) in [5.41, 5.74) is 1.03. The van der Waals surface area contributed by atoms with Gasteiger partial charge in [-0.1, -0.05) is 12.1 Å². The minimum Gasteiger partial charge on any atom is -0.442 e. The molecule has 3 heterocycles. The van der Waals surface area contributed by atoms with Gasteiger partial charge in [0.2, 0.25) is 0 Å². The summed E-state index contributed by atoms with van der Waals surface area (Å²) in [6, 6.07) is 9.37. The zero-order valence-electron chi connectivity index (χ0n) is 17.9. The lowest BCUT2D eigenvalue weighted by molar-refractivity contribution is 0.0342. The Balaban J connectivity index is 1.47. The molecule has 8 nitrogen and oxygen atoms in total. The molecule has 0 aliphatic carbocycles. The minimum absolute atomic E-state index is 0.278. The van der Waals surface area contributed by atoms with Gasteiger partial charge in [0.1, 0.15) is 10.4 Å². The Morgan fingerprint density at radius 1 is 1.16 bits per heavy atom. The van der Waals surface area contributed by atoms with Crippen LogP contribution < -0.4 is 5.32 Å². The fourth-order valence-corrected chi connectivity index (χ4v) is 4.16. The van der Waals surface area contributed by atoms with Crippen LogP contribution in [0.4, 0.5) is 10.6 Å². The normalized spacial score (nSPS) is 15.2. The monoisotopic (exact) mass is 442 g/mol. The molecule has 2 aromatic heterocycles. The van der Waals surface area contributed by atoms with E-state index in [9.17, 15) is 9.59 Å². The summed E-state index contributed by atoms with van der Waals surface area (Å²) in [6.45, 7) is 9.57. The average molecular weight is 443 g/mol. The highest BCUT2D eigenvalue weighted by atomic mass is 32.1. The molecule has 4 rings (SSSR count). The van der Waals surface area contributed by atoms with Crippen LogP contribution in [-0.2, 0) is 16.0 Å². The highest BCUT2D eigenvalue weighted by molar-refractivity contribution is 7.17. The van der Waals surface area contributed by atoms with Gasteiger partial charge in [0, 0.05) is 25.2 Å². The van der Waals surface area contributed by atoms with Gasteiger partial charge in [-0.2, -0.15) is 4.68 Å². The maximum Gasteiger partial charge on any atom is 0.436 e. The largest absolute Gasteiger partial charge is 0.442 e. The summed E-state index contributed by atoms with van der Waals surface area (Å²) in [6.07, 6.45) is -0.576. The van der Waals surface area contributed by atoms with E-state index in [2.05, 4.69) is 15.3 Å². The second-order valence-electron chi connectivity index (χ2n) is 8.42.